The molecule has 1 aliphatic rings. The molecule has 0 aromatic heterocycles. The van der Waals surface area contributed by atoms with Crippen LogP contribution in [0.3, 0.4) is 0 Å². The van der Waals surface area contributed by atoms with Gasteiger partial charge in [0.2, 0.25) is 11.8 Å². The largest absolute Gasteiger partial charge is 0.274 e. The molecule has 1 rings (SSSR count). The van der Waals surface area contributed by atoms with Gasteiger partial charge in [-0.2, -0.15) is 0 Å². The van der Waals surface area contributed by atoms with Crippen molar-refractivity contribution in [2.45, 2.75) is 32.2 Å². The molecular weight excluding hydrogens is 154 g/mol. The van der Waals surface area contributed by atoms with Crippen LogP contribution in [0.4, 0.5) is 0 Å². The molecule has 0 saturated carbocycles. The van der Waals surface area contributed by atoms with Gasteiger partial charge in [0.1, 0.15) is 0 Å². The van der Waals surface area contributed by atoms with Crippen molar-refractivity contribution in [1.29, 1.82) is 0 Å². The Morgan fingerprint density at radius 1 is 1.42 bits per heavy atom. The molecular formula is C9H11NO2. The first-order valence-electron chi connectivity index (χ1n) is 3.98. The summed E-state index contributed by atoms with van der Waals surface area (Å²) in [6.45, 7) is 1.68. The van der Waals surface area contributed by atoms with E-state index in [0.717, 1.165) is 0 Å². The summed E-state index contributed by atoms with van der Waals surface area (Å²) in [5, 5.41) is 0. The lowest BCUT2D eigenvalue weighted by molar-refractivity contribution is -0.149. The molecule has 1 unspecified atom stereocenters. The van der Waals surface area contributed by atoms with Crippen LogP contribution in [0, 0.1) is 12.3 Å². The number of piperidine rings is 1. The van der Waals surface area contributed by atoms with Gasteiger partial charge in [0.05, 0.1) is 6.04 Å². The number of rotatable bonds is 1. The number of imide groups is 1. The SMILES string of the molecule is C#CC(C)N1C(=O)CCCC1=O. The molecule has 12 heavy (non-hydrogen) atoms. The van der Waals surface area contributed by atoms with Gasteiger partial charge in [-0.25, -0.2) is 0 Å². The molecule has 0 bridgehead atoms. The Morgan fingerprint density at radius 3 is 2.33 bits per heavy atom. The Balaban J connectivity index is 2.78. The van der Waals surface area contributed by atoms with Crippen molar-refractivity contribution in [3.05, 3.63) is 0 Å². The second-order valence-corrected chi connectivity index (χ2v) is 2.85. The van der Waals surface area contributed by atoms with E-state index in [9.17, 15) is 9.59 Å². The zero-order valence-electron chi connectivity index (χ0n) is 7.04. The third-order valence-corrected chi connectivity index (χ3v) is 1.95. The first-order valence-corrected chi connectivity index (χ1v) is 3.98. The number of nitrogens with zero attached hydrogens (tertiary/aromatic N) is 1. The smallest absolute Gasteiger partial charge is 0.230 e. The minimum atomic E-state index is -0.398. The van der Waals surface area contributed by atoms with E-state index in [1.165, 1.54) is 4.90 Å². The molecule has 1 heterocycles. The van der Waals surface area contributed by atoms with Crippen LogP contribution in [-0.2, 0) is 9.59 Å². The van der Waals surface area contributed by atoms with E-state index < -0.39 is 6.04 Å². The second-order valence-electron chi connectivity index (χ2n) is 2.85. The van der Waals surface area contributed by atoms with Gasteiger partial charge in [0.25, 0.3) is 0 Å². The highest BCUT2D eigenvalue weighted by Crippen LogP contribution is 2.14. The van der Waals surface area contributed by atoms with Crippen LogP contribution in [0.25, 0.3) is 0 Å². The molecule has 1 saturated heterocycles. The molecule has 0 radical (unpaired) electrons. The van der Waals surface area contributed by atoms with E-state index in [0.29, 0.717) is 19.3 Å². The summed E-state index contributed by atoms with van der Waals surface area (Å²) >= 11 is 0. The molecule has 3 heteroatoms. The van der Waals surface area contributed by atoms with E-state index in [2.05, 4.69) is 5.92 Å². The van der Waals surface area contributed by atoms with Crippen molar-refractivity contribution in [2.24, 2.45) is 0 Å². The summed E-state index contributed by atoms with van der Waals surface area (Å²) < 4.78 is 0. The molecule has 3 nitrogen and oxygen atoms in total. The highest BCUT2D eigenvalue weighted by Gasteiger charge is 2.28. The molecule has 0 spiro atoms. The molecule has 64 valence electrons. The summed E-state index contributed by atoms with van der Waals surface area (Å²) in [7, 11) is 0. The number of hydrogen-bond donors (Lipinski definition) is 0. The van der Waals surface area contributed by atoms with Crippen LogP contribution in [0.2, 0.25) is 0 Å². The minimum absolute atomic E-state index is 0.142. The van der Waals surface area contributed by atoms with Gasteiger partial charge in [-0.3, -0.25) is 14.5 Å². The number of hydrogen-bond acceptors (Lipinski definition) is 2. The molecule has 1 aliphatic heterocycles. The lowest BCUT2D eigenvalue weighted by atomic mass is 10.1. The number of terminal acetylenes is 1. The normalized spacial score (nSPS) is 20.5. The summed E-state index contributed by atoms with van der Waals surface area (Å²) in [4.78, 5) is 23.6. The first-order chi connectivity index (χ1) is 5.66. The Labute approximate surface area is 71.7 Å². The lowest BCUT2D eigenvalue weighted by Crippen LogP contribution is -2.45. The fourth-order valence-corrected chi connectivity index (χ4v) is 1.28. The van der Waals surface area contributed by atoms with Crippen molar-refractivity contribution in [3.63, 3.8) is 0 Å². The van der Waals surface area contributed by atoms with Gasteiger partial charge in [-0.05, 0) is 13.3 Å². The zero-order valence-corrected chi connectivity index (χ0v) is 7.04. The maximum atomic E-state index is 11.2. The highest BCUT2D eigenvalue weighted by atomic mass is 16.2. The first kappa shape index (κ1) is 8.79. The zero-order chi connectivity index (χ0) is 9.14. The number of amides is 2. The predicted molar refractivity (Wildman–Crippen MR) is 44.0 cm³/mol. The van der Waals surface area contributed by atoms with Crippen LogP contribution in [0.5, 0.6) is 0 Å². The molecule has 0 N–H and O–H groups in total. The Bertz CT molecular complexity index is 236. The standard InChI is InChI=1S/C9H11NO2/c1-3-7(2)10-8(11)5-4-6-9(10)12/h1,7H,4-6H2,2H3. The minimum Gasteiger partial charge on any atom is -0.274 e. The van der Waals surface area contributed by atoms with Crippen LogP contribution in [0.15, 0.2) is 0 Å². The number of carbonyl (C=O) groups excluding carboxylic acids is 2. The third-order valence-electron chi connectivity index (χ3n) is 1.95. The van der Waals surface area contributed by atoms with E-state index in [1.54, 1.807) is 6.92 Å². The molecule has 1 atom stereocenters. The van der Waals surface area contributed by atoms with Crippen molar-refractivity contribution in [1.82, 2.24) is 4.90 Å². The van der Waals surface area contributed by atoms with Crippen molar-refractivity contribution in [3.8, 4) is 12.3 Å². The molecule has 0 aliphatic carbocycles. The summed E-state index contributed by atoms with van der Waals surface area (Å²) in [5.41, 5.74) is 0. The van der Waals surface area contributed by atoms with Gasteiger partial charge >= 0.3 is 0 Å². The monoisotopic (exact) mass is 165 g/mol. The molecule has 1 fully saturated rings. The second kappa shape index (κ2) is 3.40. The van der Waals surface area contributed by atoms with Crippen molar-refractivity contribution >= 4 is 11.8 Å². The molecule has 2 amide bonds. The summed E-state index contributed by atoms with van der Waals surface area (Å²) in [6.07, 6.45) is 6.67. The summed E-state index contributed by atoms with van der Waals surface area (Å²) in [5.74, 6) is 2.10. The van der Waals surface area contributed by atoms with Gasteiger partial charge in [0.15, 0.2) is 0 Å². The van der Waals surface area contributed by atoms with Crippen LogP contribution in [0.1, 0.15) is 26.2 Å². The van der Waals surface area contributed by atoms with Gasteiger partial charge < -0.3 is 0 Å². The lowest BCUT2D eigenvalue weighted by Gasteiger charge is -2.27. The Hall–Kier alpha value is -1.30. The van der Waals surface area contributed by atoms with E-state index in [4.69, 9.17) is 6.42 Å². The van der Waals surface area contributed by atoms with E-state index >= 15 is 0 Å². The quantitative estimate of drug-likeness (QED) is 0.420. The summed E-state index contributed by atoms with van der Waals surface area (Å²) in [6, 6.07) is -0.398. The Kier molecular flexibility index (Phi) is 2.49. The highest BCUT2D eigenvalue weighted by molar-refractivity contribution is 5.98. The molecule has 0 aromatic rings. The third kappa shape index (κ3) is 1.48. The predicted octanol–water partition coefficient (Wildman–Crippen LogP) is 0.547. The van der Waals surface area contributed by atoms with Crippen LogP contribution >= 0.6 is 0 Å². The molecule has 0 aromatic carbocycles. The Morgan fingerprint density at radius 2 is 1.92 bits per heavy atom. The van der Waals surface area contributed by atoms with Gasteiger partial charge in [-0.15, -0.1) is 6.42 Å². The van der Waals surface area contributed by atoms with E-state index in [-0.39, 0.29) is 11.8 Å². The van der Waals surface area contributed by atoms with Crippen molar-refractivity contribution < 1.29 is 9.59 Å². The van der Waals surface area contributed by atoms with Gasteiger partial charge in [-0.1, -0.05) is 5.92 Å². The maximum Gasteiger partial charge on any atom is 0.230 e. The van der Waals surface area contributed by atoms with Crippen LogP contribution < -0.4 is 0 Å². The van der Waals surface area contributed by atoms with E-state index in [1.807, 2.05) is 0 Å². The van der Waals surface area contributed by atoms with Crippen molar-refractivity contribution in [2.75, 3.05) is 0 Å². The average Bonchev–Trinajstić information content (AvgIpc) is 2.03. The number of carbonyl (C=O) groups is 2. The van der Waals surface area contributed by atoms with Gasteiger partial charge in [0, 0.05) is 12.8 Å². The average molecular weight is 165 g/mol. The number of likely N-dealkylation sites (tertiary alicyclic amines) is 1. The maximum absolute atomic E-state index is 11.2. The van der Waals surface area contributed by atoms with Crippen LogP contribution in [-0.4, -0.2) is 22.8 Å². The fraction of sp³-hybridized carbons (Fsp3) is 0.556. The fourth-order valence-electron chi connectivity index (χ4n) is 1.28. The topological polar surface area (TPSA) is 37.4 Å².